The van der Waals surface area contributed by atoms with E-state index < -0.39 is 0 Å². The summed E-state index contributed by atoms with van der Waals surface area (Å²) in [6, 6.07) is 82.8. The number of benzene rings is 10. The van der Waals surface area contributed by atoms with Crippen LogP contribution in [0.15, 0.2) is 231 Å². The van der Waals surface area contributed by atoms with E-state index in [-0.39, 0.29) is 0 Å². The molecule has 0 aliphatic heterocycles. The van der Waals surface area contributed by atoms with Crippen LogP contribution in [0, 0.1) is 0 Å². The average molecular weight is 815 g/mol. The van der Waals surface area contributed by atoms with Crippen molar-refractivity contribution in [3.8, 4) is 56.4 Å². The van der Waals surface area contributed by atoms with Crippen LogP contribution in [0.1, 0.15) is 0 Å². The van der Waals surface area contributed by atoms with Crippen LogP contribution < -0.4 is 0 Å². The fourth-order valence-corrected chi connectivity index (χ4v) is 9.90. The van der Waals surface area contributed by atoms with Crippen LogP contribution in [0.2, 0.25) is 0 Å². The summed E-state index contributed by atoms with van der Waals surface area (Å²) in [6.07, 6.45) is 0. The van der Waals surface area contributed by atoms with Gasteiger partial charge in [0.1, 0.15) is 0 Å². The van der Waals surface area contributed by atoms with Gasteiger partial charge >= 0.3 is 0 Å². The Bertz CT molecular complexity index is 3920. The molecule has 13 aromatic rings. The van der Waals surface area contributed by atoms with Crippen LogP contribution in [0.4, 0.5) is 0 Å². The summed E-state index contributed by atoms with van der Waals surface area (Å²) in [5.41, 5.74) is 14.1. The van der Waals surface area contributed by atoms with Crippen LogP contribution in [0.3, 0.4) is 0 Å². The number of rotatable bonds is 6. The quantitative estimate of drug-likeness (QED) is 0.168. The minimum atomic E-state index is 0.691. The second-order valence-electron chi connectivity index (χ2n) is 16.6. The van der Waals surface area contributed by atoms with Gasteiger partial charge in [-0.1, -0.05) is 164 Å². The van der Waals surface area contributed by atoms with Gasteiger partial charge in [0.2, 0.25) is 0 Å². The number of hydrogen-bond acceptors (Lipinski definition) is 2. The van der Waals surface area contributed by atoms with Gasteiger partial charge in [0.25, 0.3) is 0 Å². The smallest absolute Gasteiger partial charge is 0.160 e. The third-order valence-corrected chi connectivity index (χ3v) is 12.9. The van der Waals surface area contributed by atoms with Crippen molar-refractivity contribution in [2.24, 2.45) is 0 Å². The van der Waals surface area contributed by atoms with Crippen molar-refractivity contribution in [3.05, 3.63) is 231 Å². The average Bonchev–Trinajstić information content (AvgIpc) is 3.89. The molecule has 0 spiro atoms. The van der Waals surface area contributed by atoms with Gasteiger partial charge in [0.05, 0.1) is 33.5 Å². The molecule has 0 atom stereocenters. The van der Waals surface area contributed by atoms with E-state index in [9.17, 15) is 0 Å². The molecule has 3 heterocycles. The maximum absolute atomic E-state index is 5.32. The Morgan fingerprint density at radius 3 is 1.52 bits per heavy atom. The lowest BCUT2D eigenvalue weighted by Gasteiger charge is -2.13. The van der Waals surface area contributed by atoms with Crippen molar-refractivity contribution in [1.29, 1.82) is 0 Å². The molecular weight excluding hydrogens is 777 g/mol. The summed E-state index contributed by atoms with van der Waals surface area (Å²) in [4.78, 5) is 10.6. The van der Waals surface area contributed by atoms with Crippen LogP contribution in [0.5, 0.6) is 0 Å². The predicted molar refractivity (Wildman–Crippen MR) is 267 cm³/mol. The number of para-hydroxylation sites is 3. The molecule has 0 radical (unpaired) electrons. The molecule has 3 aromatic heterocycles. The van der Waals surface area contributed by atoms with Crippen molar-refractivity contribution in [2.75, 3.05) is 0 Å². The van der Waals surface area contributed by atoms with Crippen molar-refractivity contribution in [1.82, 2.24) is 19.1 Å². The number of fused-ring (bicyclic) bond motifs is 8. The lowest BCUT2D eigenvalue weighted by molar-refractivity contribution is 1.13. The van der Waals surface area contributed by atoms with Crippen molar-refractivity contribution in [2.45, 2.75) is 0 Å². The molecule has 0 saturated carbocycles. The van der Waals surface area contributed by atoms with Gasteiger partial charge in [-0.25, -0.2) is 9.97 Å². The molecule has 0 fully saturated rings. The summed E-state index contributed by atoms with van der Waals surface area (Å²) in [7, 11) is 0. The molecule has 10 aromatic carbocycles. The van der Waals surface area contributed by atoms with Crippen LogP contribution >= 0.6 is 0 Å². The van der Waals surface area contributed by atoms with Gasteiger partial charge in [-0.15, -0.1) is 0 Å². The van der Waals surface area contributed by atoms with Crippen LogP contribution in [-0.4, -0.2) is 19.1 Å². The Hall–Kier alpha value is -8.60. The molecular formula is C60H38N4. The minimum Gasteiger partial charge on any atom is -0.309 e. The van der Waals surface area contributed by atoms with E-state index >= 15 is 0 Å². The van der Waals surface area contributed by atoms with E-state index in [1.54, 1.807) is 0 Å². The zero-order valence-corrected chi connectivity index (χ0v) is 34.7. The summed E-state index contributed by atoms with van der Waals surface area (Å²) in [5, 5.41) is 9.66. The summed E-state index contributed by atoms with van der Waals surface area (Å²) < 4.78 is 4.79. The maximum Gasteiger partial charge on any atom is 0.160 e. The molecule has 4 heteroatoms. The number of nitrogens with zero attached hydrogens (tertiary/aromatic N) is 4. The SMILES string of the molecule is c1cc(-c2ccc3c(c2)c2ccccc2n3-c2cccc(-n3c4ccccc4c4ccccc43)c2)cc(-c2nc(-c3ccc4ccccc4c3)cc(-c3cccc4ccccc34)n2)c1. The lowest BCUT2D eigenvalue weighted by Crippen LogP contribution is -1.98. The van der Waals surface area contributed by atoms with E-state index in [0.717, 1.165) is 56.1 Å². The van der Waals surface area contributed by atoms with Crippen molar-refractivity contribution >= 4 is 65.2 Å². The molecule has 64 heavy (non-hydrogen) atoms. The van der Waals surface area contributed by atoms with Gasteiger partial charge in [-0.05, 0) is 99.4 Å². The van der Waals surface area contributed by atoms with E-state index in [4.69, 9.17) is 9.97 Å². The molecule has 0 aliphatic rings. The Morgan fingerprint density at radius 2 is 0.781 bits per heavy atom. The van der Waals surface area contributed by atoms with Gasteiger partial charge in [0, 0.05) is 49.6 Å². The van der Waals surface area contributed by atoms with Crippen molar-refractivity contribution in [3.63, 3.8) is 0 Å². The summed E-state index contributed by atoms with van der Waals surface area (Å²) >= 11 is 0. The third kappa shape index (κ3) is 5.84. The van der Waals surface area contributed by atoms with E-state index in [2.05, 4.69) is 240 Å². The molecule has 0 saturated heterocycles. The van der Waals surface area contributed by atoms with Gasteiger partial charge in [-0.3, -0.25) is 0 Å². The fourth-order valence-electron chi connectivity index (χ4n) is 9.90. The molecule has 0 unspecified atom stereocenters. The second kappa shape index (κ2) is 14.5. The molecule has 0 amide bonds. The van der Waals surface area contributed by atoms with Crippen LogP contribution in [0.25, 0.3) is 122 Å². The number of hydrogen-bond donors (Lipinski definition) is 0. The molecule has 0 aliphatic carbocycles. The van der Waals surface area contributed by atoms with Gasteiger partial charge < -0.3 is 9.13 Å². The van der Waals surface area contributed by atoms with E-state index in [1.807, 2.05) is 0 Å². The topological polar surface area (TPSA) is 35.6 Å². The monoisotopic (exact) mass is 814 g/mol. The standard InChI is InChI=1S/C60H38N4/c1-2-16-41-34-44(31-30-39(41)14-1)54-38-55(49-26-12-17-40-15-3-4-22-48(40)49)62-60(61-54)45-19-11-18-42(35-45)43-32-33-59-53(36-43)52-25-7-10-29-58(52)64(59)47-21-13-20-46(37-47)63-56-27-8-5-23-50(56)51-24-6-9-28-57(51)63/h1-38H. The Balaban J connectivity index is 0.940. The highest BCUT2D eigenvalue weighted by molar-refractivity contribution is 6.11. The maximum atomic E-state index is 5.32. The Kier molecular flexibility index (Phi) is 8.18. The molecule has 0 N–H and O–H groups in total. The zero-order chi connectivity index (χ0) is 42.1. The second-order valence-corrected chi connectivity index (χ2v) is 16.6. The molecule has 0 bridgehead atoms. The van der Waals surface area contributed by atoms with E-state index in [1.165, 1.54) is 59.6 Å². The van der Waals surface area contributed by atoms with Crippen LogP contribution in [-0.2, 0) is 0 Å². The zero-order valence-electron chi connectivity index (χ0n) is 34.7. The Labute approximate surface area is 369 Å². The molecule has 4 nitrogen and oxygen atoms in total. The van der Waals surface area contributed by atoms with E-state index in [0.29, 0.717) is 5.82 Å². The highest BCUT2D eigenvalue weighted by Crippen LogP contribution is 2.39. The normalized spacial score (nSPS) is 11.8. The molecule has 13 rings (SSSR count). The predicted octanol–water partition coefficient (Wildman–Crippen LogP) is 15.6. The highest BCUT2D eigenvalue weighted by Gasteiger charge is 2.18. The highest BCUT2D eigenvalue weighted by atomic mass is 15.0. The first-order valence-corrected chi connectivity index (χ1v) is 21.8. The third-order valence-electron chi connectivity index (χ3n) is 12.9. The summed E-state index contributed by atoms with van der Waals surface area (Å²) in [6.45, 7) is 0. The summed E-state index contributed by atoms with van der Waals surface area (Å²) in [5.74, 6) is 0.691. The first kappa shape index (κ1) is 36.1. The first-order valence-electron chi connectivity index (χ1n) is 21.8. The van der Waals surface area contributed by atoms with Crippen molar-refractivity contribution < 1.29 is 0 Å². The van der Waals surface area contributed by atoms with Gasteiger partial charge in [0.15, 0.2) is 5.82 Å². The minimum absolute atomic E-state index is 0.691. The van der Waals surface area contributed by atoms with Gasteiger partial charge in [-0.2, -0.15) is 0 Å². The Morgan fingerprint density at radius 1 is 0.266 bits per heavy atom. The fraction of sp³-hybridized carbons (Fsp3) is 0. The first-order chi connectivity index (χ1) is 31.7. The number of aromatic nitrogens is 4. The largest absolute Gasteiger partial charge is 0.309 e. The lowest BCUT2D eigenvalue weighted by atomic mass is 9.98. The molecule has 298 valence electrons.